The van der Waals surface area contributed by atoms with Crippen molar-refractivity contribution in [1.29, 1.82) is 0 Å². The Balaban J connectivity index is 2.11. The van der Waals surface area contributed by atoms with Crippen LogP contribution in [0.15, 0.2) is 70.5 Å². The number of aliphatic hydroxyl groups is 1. The van der Waals surface area contributed by atoms with Gasteiger partial charge in [-0.05, 0) is 30.7 Å². The molecule has 0 bridgehead atoms. The van der Waals surface area contributed by atoms with Crippen molar-refractivity contribution in [1.82, 2.24) is 0 Å². The zero-order valence-corrected chi connectivity index (χ0v) is 16.4. The molecule has 2 aromatic rings. The zero-order chi connectivity index (χ0) is 20.0. The molecule has 0 atom stereocenters. The van der Waals surface area contributed by atoms with Crippen LogP contribution < -0.4 is 0 Å². The molecule has 0 fully saturated rings. The van der Waals surface area contributed by atoms with Crippen molar-refractivity contribution in [3.05, 3.63) is 60.7 Å². The minimum atomic E-state index is -4.04. The fraction of sp³-hybridized carbons (Fsp3) is 0.333. The lowest BCUT2D eigenvalue weighted by Gasteiger charge is -2.29. The quantitative estimate of drug-likeness (QED) is 0.594. The van der Waals surface area contributed by atoms with Crippen LogP contribution >= 0.6 is 0 Å². The van der Waals surface area contributed by atoms with Gasteiger partial charge in [0, 0.05) is 5.41 Å². The van der Waals surface area contributed by atoms with Gasteiger partial charge in [0.1, 0.15) is 0 Å². The summed E-state index contributed by atoms with van der Waals surface area (Å²) >= 11 is 0. The van der Waals surface area contributed by atoms with Gasteiger partial charge in [0.2, 0.25) is 0 Å². The molecule has 0 aliphatic rings. The van der Waals surface area contributed by atoms with Gasteiger partial charge in [0.25, 0.3) is 20.2 Å². The Kier molecular flexibility index (Phi) is 7.12. The van der Waals surface area contributed by atoms with E-state index in [-0.39, 0.29) is 16.2 Å². The fourth-order valence-corrected chi connectivity index (χ4v) is 4.23. The van der Waals surface area contributed by atoms with Gasteiger partial charge >= 0.3 is 0 Å². The van der Waals surface area contributed by atoms with E-state index >= 15 is 0 Å². The van der Waals surface area contributed by atoms with Crippen molar-refractivity contribution in [3.63, 3.8) is 0 Å². The summed E-state index contributed by atoms with van der Waals surface area (Å²) in [5.41, 5.74) is -1.19. The van der Waals surface area contributed by atoms with Crippen LogP contribution in [0.25, 0.3) is 0 Å². The largest absolute Gasteiger partial charge is 0.396 e. The summed E-state index contributed by atoms with van der Waals surface area (Å²) in [6, 6.07) is 15.1. The molecular weight excluding hydrogens is 392 g/mol. The van der Waals surface area contributed by atoms with Gasteiger partial charge in [-0.15, -0.1) is 0 Å². The highest BCUT2D eigenvalue weighted by molar-refractivity contribution is 7.87. The second kappa shape index (κ2) is 8.94. The molecule has 27 heavy (non-hydrogen) atoms. The zero-order valence-electron chi connectivity index (χ0n) is 14.8. The van der Waals surface area contributed by atoms with E-state index in [0.717, 1.165) is 0 Å². The van der Waals surface area contributed by atoms with E-state index in [0.29, 0.717) is 0 Å². The summed E-state index contributed by atoms with van der Waals surface area (Å²) in [5.74, 6) is 0. The summed E-state index contributed by atoms with van der Waals surface area (Å²) in [5, 5.41) is 9.76. The first-order valence-electron chi connectivity index (χ1n) is 8.24. The van der Waals surface area contributed by atoms with E-state index in [1.165, 1.54) is 24.3 Å². The summed E-state index contributed by atoms with van der Waals surface area (Å²) < 4.78 is 59.2. The van der Waals surface area contributed by atoms with Crippen LogP contribution in [0.3, 0.4) is 0 Å². The monoisotopic (exact) mass is 414 g/mol. The van der Waals surface area contributed by atoms with Crippen molar-refractivity contribution in [2.75, 3.05) is 19.8 Å². The van der Waals surface area contributed by atoms with Gasteiger partial charge in [-0.2, -0.15) is 16.8 Å². The van der Waals surface area contributed by atoms with Crippen LogP contribution in [0.2, 0.25) is 0 Å². The van der Waals surface area contributed by atoms with Gasteiger partial charge in [-0.25, -0.2) is 0 Å². The molecule has 0 radical (unpaired) electrons. The third-order valence-electron chi connectivity index (χ3n) is 4.19. The lowest BCUT2D eigenvalue weighted by molar-refractivity contribution is 0.0245. The SMILES string of the molecule is CCC(CO)(COS(=O)(=O)c1ccccc1)COS(=O)(=O)c1ccccc1. The van der Waals surface area contributed by atoms with Crippen LogP contribution in [0, 0.1) is 5.41 Å². The molecule has 0 aromatic heterocycles. The molecule has 9 heteroatoms. The standard InChI is InChI=1S/C18H22O7S2/c1-2-18(13-19,14-24-26(20,21)16-9-5-3-6-10-16)15-25-27(22,23)17-11-7-4-8-12-17/h3-12,19H,2,13-15H2,1H3. The second-order valence-corrected chi connectivity index (χ2v) is 9.30. The fourth-order valence-electron chi connectivity index (χ4n) is 2.16. The summed E-state index contributed by atoms with van der Waals surface area (Å²) in [6.45, 7) is 0.356. The molecule has 148 valence electrons. The topological polar surface area (TPSA) is 107 Å². The van der Waals surface area contributed by atoms with Gasteiger partial charge in [0.05, 0.1) is 29.6 Å². The third kappa shape index (κ3) is 5.60. The Morgan fingerprint density at radius 2 is 1.15 bits per heavy atom. The first-order chi connectivity index (χ1) is 12.7. The Morgan fingerprint density at radius 1 is 0.778 bits per heavy atom. The maximum atomic E-state index is 12.3. The summed E-state index contributed by atoms with van der Waals surface area (Å²) in [6.07, 6.45) is 0.248. The molecule has 0 saturated carbocycles. The van der Waals surface area contributed by atoms with Crippen LogP contribution in [-0.2, 0) is 28.6 Å². The second-order valence-electron chi connectivity index (χ2n) is 6.07. The maximum absolute atomic E-state index is 12.3. The Morgan fingerprint density at radius 3 is 1.44 bits per heavy atom. The summed E-state index contributed by atoms with van der Waals surface area (Å²) in [7, 11) is -8.07. The highest BCUT2D eigenvalue weighted by atomic mass is 32.2. The molecule has 0 aliphatic heterocycles. The third-order valence-corrected chi connectivity index (χ3v) is 6.75. The van der Waals surface area contributed by atoms with E-state index in [1.807, 2.05) is 0 Å². The van der Waals surface area contributed by atoms with Crippen LogP contribution in [0.5, 0.6) is 0 Å². The van der Waals surface area contributed by atoms with Crippen LogP contribution in [0.4, 0.5) is 0 Å². The molecule has 0 spiro atoms. The van der Waals surface area contributed by atoms with E-state index in [1.54, 1.807) is 43.3 Å². The van der Waals surface area contributed by atoms with Gasteiger partial charge < -0.3 is 5.11 Å². The van der Waals surface area contributed by atoms with E-state index in [9.17, 15) is 21.9 Å². The molecule has 0 amide bonds. The van der Waals surface area contributed by atoms with E-state index in [2.05, 4.69) is 0 Å². The van der Waals surface area contributed by atoms with Crippen molar-refractivity contribution < 1.29 is 30.3 Å². The maximum Gasteiger partial charge on any atom is 0.296 e. The number of aliphatic hydroxyl groups excluding tert-OH is 1. The first kappa shape index (κ1) is 21.5. The van der Waals surface area contributed by atoms with Gasteiger partial charge in [-0.3, -0.25) is 8.37 Å². The van der Waals surface area contributed by atoms with E-state index < -0.39 is 45.5 Å². The minimum absolute atomic E-state index is 0.0224. The lowest BCUT2D eigenvalue weighted by atomic mass is 9.88. The predicted octanol–water partition coefficient (Wildman–Crippen LogP) is 2.19. The Labute approximate surface area is 159 Å². The van der Waals surface area contributed by atoms with Gasteiger partial charge in [0.15, 0.2) is 0 Å². The number of hydrogen-bond acceptors (Lipinski definition) is 7. The van der Waals surface area contributed by atoms with Crippen molar-refractivity contribution in [2.45, 2.75) is 23.1 Å². The number of hydrogen-bond donors (Lipinski definition) is 1. The van der Waals surface area contributed by atoms with Crippen molar-refractivity contribution in [2.24, 2.45) is 5.41 Å². The highest BCUT2D eigenvalue weighted by Gasteiger charge is 2.33. The normalized spacial score (nSPS) is 12.8. The Hall–Kier alpha value is -1.78. The molecule has 0 unspecified atom stereocenters. The van der Waals surface area contributed by atoms with Crippen LogP contribution in [0.1, 0.15) is 13.3 Å². The molecule has 0 aliphatic carbocycles. The molecule has 2 rings (SSSR count). The van der Waals surface area contributed by atoms with Crippen molar-refractivity contribution >= 4 is 20.2 Å². The molecule has 0 saturated heterocycles. The molecular formula is C18H22O7S2. The molecule has 1 N–H and O–H groups in total. The molecule has 7 nitrogen and oxygen atoms in total. The van der Waals surface area contributed by atoms with Crippen LogP contribution in [-0.4, -0.2) is 41.8 Å². The van der Waals surface area contributed by atoms with E-state index in [4.69, 9.17) is 8.37 Å². The number of benzene rings is 2. The smallest absolute Gasteiger partial charge is 0.296 e. The minimum Gasteiger partial charge on any atom is -0.396 e. The predicted molar refractivity (Wildman–Crippen MR) is 99.0 cm³/mol. The lowest BCUT2D eigenvalue weighted by Crippen LogP contribution is -2.37. The van der Waals surface area contributed by atoms with Gasteiger partial charge in [-0.1, -0.05) is 43.3 Å². The molecule has 0 heterocycles. The van der Waals surface area contributed by atoms with Crippen molar-refractivity contribution in [3.8, 4) is 0 Å². The first-order valence-corrected chi connectivity index (χ1v) is 11.1. The Bertz CT molecular complexity index is 845. The molecule has 2 aromatic carbocycles. The highest BCUT2D eigenvalue weighted by Crippen LogP contribution is 2.27. The number of rotatable bonds is 10. The average molecular weight is 415 g/mol. The summed E-state index contributed by atoms with van der Waals surface area (Å²) in [4.78, 5) is -0.0449. The average Bonchev–Trinajstić information content (AvgIpc) is 2.70.